The van der Waals surface area contributed by atoms with Gasteiger partial charge in [0.05, 0.1) is 12.2 Å². The van der Waals surface area contributed by atoms with Gasteiger partial charge < -0.3 is 5.32 Å². The summed E-state index contributed by atoms with van der Waals surface area (Å²) in [6.07, 6.45) is 9.40. The molecular weight excluding hydrogens is 317 g/mol. The van der Waals surface area contributed by atoms with Crippen molar-refractivity contribution >= 4 is 5.91 Å². The first-order valence-corrected chi connectivity index (χ1v) is 9.16. The lowest BCUT2D eigenvalue weighted by Gasteiger charge is -2.25. The van der Waals surface area contributed by atoms with Gasteiger partial charge in [-0.3, -0.25) is 9.48 Å². The first kappa shape index (κ1) is 16.3. The summed E-state index contributed by atoms with van der Waals surface area (Å²) >= 11 is 0. The molecule has 2 fully saturated rings. The zero-order chi connectivity index (χ0) is 17.4. The number of aryl methyl sites for hydroxylation is 1. The number of carbonyl (C=O) groups is 1. The number of carbonyl (C=O) groups excluding carboxylic acids is 1. The monoisotopic (exact) mass is 341 g/mol. The van der Waals surface area contributed by atoms with Gasteiger partial charge in [0.1, 0.15) is 5.82 Å². The molecule has 0 radical (unpaired) electrons. The third-order valence-corrected chi connectivity index (χ3v) is 5.68. The summed E-state index contributed by atoms with van der Waals surface area (Å²) in [5, 5.41) is 7.48. The minimum atomic E-state index is -0.237. The van der Waals surface area contributed by atoms with Gasteiger partial charge in [-0.2, -0.15) is 5.10 Å². The third-order valence-electron chi connectivity index (χ3n) is 5.68. The second-order valence-corrected chi connectivity index (χ2v) is 7.48. The van der Waals surface area contributed by atoms with Gasteiger partial charge in [-0.1, -0.05) is 25.0 Å². The van der Waals surface area contributed by atoms with Crippen molar-refractivity contribution in [3.63, 3.8) is 0 Å². The topological polar surface area (TPSA) is 46.9 Å². The van der Waals surface area contributed by atoms with Crippen molar-refractivity contribution in [2.45, 2.75) is 44.1 Å². The highest BCUT2D eigenvalue weighted by Gasteiger charge is 2.45. The molecule has 0 bridgehead atoms. The molecule has 0 spiro atoms. The van der Waals surface area contributed by atoms with E-state index in [1.165, 1.54) is 25.0 Å². The van der Waals surface area contributed by atoms with Crippen LogP contribution in [0.5, 0.6) is 0 Å². The second-order valence-electron chi connectivity index (χ2n) is 7.48. The fraction of sp³-hybridized carbons (Fsp3) is 0.500. The Hall–Kier alpha value is -2.17. The van der Waals surface area contributed by atoms with Gasteiger partial charge in [0, 0.05) is 19.2 Å². The summed E-state index contributed by atoms with van der Waals surface area (Å²) in [6.45, 7) is 0. The molecule has 25 heavy (non-hydrogen) atoms. The second kappa shape index (κ2) is 6.62. The molecule has 2 aromatic rings. The van der Waals surface area contributed by atoms with Crippen LogP contribution in [0.25, 0.3) is 0 Å². The highest BCUT2D eigenvalue weighted by molar-refractivity contribution is 5.83. The van der Waals surface area contributed by atoms with E-state index in [1.807, 2.05) is 31.6 Å². The summed E-state index contributed by atoms with van der Waals surface area (Å²) < 4.78 is 15.1. The molecule has 4 rings (SSSR count). The first-order chi connectivity index (χ1) is 12.1. The Morgan fingerprint density at radius 2 is 2.00 bits per heavy atom. The maximum atomic E-state index is 13.3. The van der Waals surface area contributed by atoms with Crippen molar-refractivity contribution in [3.8, 4) is 0 Å². The average Bonchev–Trinajstić information content (AvgIpc) is 3.01. The SMILES string of the molecule is Cn1cc([C@@H]2C[C@H]2C(=O)N[C@H](c2ccc(F)cc2)C2CCCC2)cn1. The van der Waals surface area contributed by atoms with Gasteiger partial charge in [-0.05, 0) is 54.4 Å². The zero-order valence-corrected chi connectivity index (χ0v) is 14.5. The predicted molar refractivity (Wildman–Crippen MR) is 93.3 cm³/mol. The summed E-state index contributed by atoms with van der Waals surface area (Å²) in [5.41, 5.74) is 2.15. The molecule has 2 aliphatic rings. The maximum absolute atomic E-state index is 13.3. The van der Waals surface area contributed by atoms with Crippen LogP contribution in [0.4, 0.5) is 4.39 Å². The minimum Gasteiger partial charge on any atom is -0.349 e. The highest BCUT2D eigenvalue weighted by Crippen LogP contribution is 2.48. The molecule has 1 amide bonds. The van der Waals surface area contributed by atoms with E-state index in [2.05, 4.69) is 10.4 Å². The number of halogens is 1. The van der Waals surface area contributed by atoms with Crippen LogP contribution in [0.3, 0.4) is 0 Å². The lowest BCUT2D eigenvalue weighted by atomic mass is 9.91. The number of benzene rings is 1. The van der Waals surface area contributed by atoms with E-state index in [1.54, 1.807) is 4.68 Å². The maximum Gasteiger partial charge on any atom is 0.224 e. The Balaban J connectivity index is 1.47. The largest absolute Gasteiger partial charge is 0.349 e. The van der Waals surface area contributed by atoms with E-state index in [0.29, 0.717) is 5.92 Å². The molecule has 132 valence electrons. The molecule has 0 aliphatic heterocycles. The van der Waals surface area contributed by atoms with Crippen LogP contribution in [0, 0.1) is 17.7 Å². The minimum absolute atomic E-state index is 0.00857. The molecule has 0 unspecified atom stereocenters. The standard InChI is InChI=1S/C20H24FN3O/c1-24-12-15(11-22-24)17-10-18(17)20(25)23-19(13-4-2-3-5-13)14-6-8-16(21)9-7-14/h6-9,11-13,17-19H,2-5,10H2,1H3,(H,23,25)/t17-,18+,19-/m0/s1. The number of nitrogens with zero attached hydrogens (tertiary/aromatic N) is 2. The normalized spacial score (nSPS) is 24.2. The Morgan fingerprint density at radius 1 is 1.28 bits per heavy atom. The van der Waals surface area contributed by atoms with Gasteiger partial charge in [-0.25, -0.2) is 4.39 Å². The molecule has 5 heteroatoms. The van der Waals surface area contributed by atoms with Gasteiger partial charge in [0.2, 0.25) is 5.91 Å². The average molecular weight is 341 g/mol. The molecule has 2 aliphatic carbocycles. The molecular formula is C20H24FN3O. The number of nitrogens with one attached hydrogen (secondary N) is 1. The van der Waals surface area contributed by atoms with Gasteiger partial charge in [0.25, 0.3) is 0 Å². The van der Waals surface area contributed by atoms with Crippen molar-refractivity contribution in [1.29, 1.82) is 0 Å². The van der Waals surface area contributed by atoms with Crippen molar-refractivity contribution in [3.05, 3.63) is 53.6 Å². The lowest BCUT2D eigenvalue weighted by molar-refractivity contribution is -0.123. The number of hydrogen-bond donors (Lipinski definition) is 1. The predicted octanol–water partition coefficient (Wildman–Crippen LogP) is 3.71. The Labute approximate surface area is 147 Å². The van der Waals surface area contributed by atoms with E-state index in [9.17, 15) is 9.18 Å². The third kappa shape index (κ3) is 3.46. The van der Waals surface area contributed by atoms with Crippen molar-refractivity contribution in [2.75, 3.05) is 0 Å². The van der Waals surface area contributed by atoms with Crippen LogP contribution < -0.4 is 5.32 Å². The van der Waals surface area contributed by atoms with Crippen LogP contribution in [-0.2, 0) is 11.8 Å². The Morgan fingerprint density at radius 3 is 2.64 bits per heavy atom. The smallest absolute Gasteiger partial charge is 0.224 e. The number of rotatable bonds is 5. The lowest BCUT2D eigenvalue weighted by Crippen LogP contribution is -2.34. The molecule has 2 saturated carbocycles. The van der Waals surface area contributed by atoms with Crippen LogP contribution in [-0.4, -0.2) is 15.7 Å². The number of aromatic nitrogens is 2. The van der Waals surface area contributed by atoms with Gasteiger partial charge >= 0.3 is 0 Å². The summed E-state index contributed by atoms with van der Waals surface area (Å²) in [4.78, 5) is 12.8. The Bertz CT molecular complexity index is 749. The van der Waals surface area contributed by atoms with Crippen LogP contribution in [0.2, 0.25) is 0 Å². The fourth-order valence-corrected chi connectivity index (χ4v) is 4.18. The van der Waals surface area contributed by atoms with E-state index < -0.39 is 0 Å². The number of amides is 1. The molecule has 0 saturated heterocycles. The molecule has 1 heterocycles. The van der Waals surface area contributed by atoms with Crippen LogP contribution in [0.1, 0.15) is 55.2 Å². The van der Waals surface area contributed by atoms with Crippen LogP contribution >= 0.6 is 0 Å². The quantitative estimate of drug-likeness (QED) is 0.901. The highest BCUT2D eigenvalue weighted by atomic mass is 19.1. The number of hydrogen-bond acceptors (Lipinski definition) is 2. The van der Waals surface area contributed by atoms with Gasteiger partial charge in [0.15, 0.2) is 0 Å². The van der Waals surface area contributed by atoms with Crippen molar-refractivity contribution in [2.24, 2.45) is 18.9 Å². The fourth-order valence-electron chi connectivity index (χ4n) is 4.18. The summed E-state index contributed by atoms with van der Waals surface area (Å²) in [7, 11) is 1.89. The van der Waals surface area contributed by atoms with E-state index in [-0.39, 0.29) is 29.6 Å². The summed E-state index contributed by atoms with van der Waals surface area (Å²) in [6, 6.07) is 6.58. The Kier molecular flexibility index (Phi) is 4.32. The van der Waals surface area contributed by atoms with E-state index >= 15 is 0 Å². The van der Waals surface area contributed by atoms with E-state index in [0.717, 1.165) is 30.4 Å². The van der Waals surface area contributed by atoms with Crippen molar-refractivity contribution in [1.82, 2.24) is 15.1 Å². The van der Waals surface area contributed by atoms with Crippen molar-refractivity contribution < 1.29 is 9.18 Å². The van der Waals surface area contributed by atoms with Gasteiger partial charge in [-0.15, -0.1) is 0 Å². The van der Waals surface area contributed by atoms with Crippen LogP contribution in [0.15, 0.2) is 36.7 Å². The summed E-state index contributed by atoms with van der Waals surface area (Å²) in [5.74, 6) is 0.652. The molecule has 1 aromatic carbocycles. The zero-order valence-electron chi connectivity index (χ0n) is 14.5. The van der Waals surface area contributed by atoms with E-state index in [4.69, 9.17) is 0 Å². The molecule has 1 aromatic heterocycles. The molecule has 3 atom stereocenters. The first-order valence-electron chi connectivity index (χ1n) is 9.16. The molecule has 4 nitrogen and oxygen atoms in total. The molecule has 1 N–H and O–H groups in total.